The molecule has 0 saturated heterocycles. The van der Waals surface area contributed by atoms with Gasteiger partial charge in [-0.3, -0.25) is 4.79 Å². The van der Waals surface area contributed by atoms with Crippen molar-refractivity contribution >= 4 is 17.1 Å². The molecule has 0 fully saturated rings. The molecule has 124 valence electrons. The minimum absolute atomic E-state index is 0.201. The van der Waals surface area contributed by atoms with Crippen LogP contribution < -0.4 is 5.32 Å². The Morgan fingerprint density at radius 2 is 2.08 bits per heavy atom. The van der Waals surface area contributed by atoms with Gasteiger partial charge in [-0.15, -0.1) is 0 Å². The molecule has 0 aliphatic carbocycles. The van der Waals surface area contributed by atoms with Gasteiger partial charge < -0.3 is 9.88 Å². The predicted molar refractivity (Wildman–Crippen MR) is 91.0 cm³/mol. The van der Waals surface area contributed by atoms with E-state index in [1.807, 2.05) is 35.9 Å². The van der Waals surface area contributed by atoms with Gasteiger partial charge in [-0.1, -0.05) is 18.2 Å². The van der Waals surface area contributed by atoms with Crippen LogP contribution in [0.5, 0.6) is 0 Å². The number of imidazole rings is 1. The highest BCUT2D eigenvalue weighted by atomic mass is 16.1. The maximum absolute atomic E-state index is 12.4. The first-order valence-electron chi connectivity index (χ1n) is 7.70. The highest BCUT2D eigenvalue weighted by Crippen LogP contribution is 2.14. The van der Waals surface area contributed by atoms with Crippen LogP contribution in [0.2, 0.25) is 0 Å². The van der Waals surface area contributed by atoms with Gasteiger partial charge in [-0.25, -0.2) is 19.6 Å². The van der Waals surface area contributed by atoms with Crippen molar-refractivity contribution in [3.63, 3.8) is 0 Å². The maximum Gasteiger partial charge on any atom is 0.253 e. The van der Waals surface area contributed by atoms with E-state index in [0.717, 1.165) is 16.9 Å². The van der Waals surface area contributed by atoms with E-state index in [2.05, 4.69) is 25.4 Å². The number of pyridine rings is 1. The van der Waals surface area contributed by atoms with E-state index >= 15 is 0 Å². The first-order chi connectivity index (χ1) is 12.2. The summed E-state index contributed by atoms with van der Waals surface area (Å²) in [6.45, 7) is 0.370. The molecule has 0 unspecified atom stereocenters. The molecule has 0 aliphatic heterocycles. The molecule has 3 aromatic heterocycles. The van der Waals surface area contributed by atoms with Crippen LogP contribution in [0.3, 0.4) is 0 Å². The second kappa shape index (κ2) is 6.16. The lowest BCUT2D eigenvalue weighted by Gasteiger charge is -2.10. The number of hydrogen-bond acceptors (Lipinski definition) is 5. The standard InChI is InChI=1S/C17H15N7O/c1-23-11-21-14-6-13(8-19-16(14)23)17(25)20-7-12-4-2-3-5-15(12)24-10-18-9-22-24/h2-6,8-11H,7H2,1H3,(H,20,25). The molecule has 0 saturated carbocycles. The number of fused-ring (bicyclic) bond motifs is 1. The summed E-state index contributed by atoms with van der Waals surface area (Å²) in [7, 11) is 1.86. The van der Waals surface area contributed by atoms with Crippen LogP contribution >= 0.6 is 0 Å². The number of nitrogens with one attached hydrogen (secondary N) is 1. The van der Waals surface area contributed by atoms with Gasteiger partial charge in [0.1, 0.15) is 18.2 Å². The molecule has 25 heavy (non-hydrogen) atoms. The normalized spacial score (nSPS) is 10.9. The number of benzene rings is 1. The van der Waals surface area contributed by atoms with Crippen molar-refractivity contribution < 1.29 is 4.79 Å². The van der Waals surface area contributed by atoms with Crippen LogP contribution in [0, 0.1) is 0 Å². The lowest BCUT2D eigenvalue weighted by atomic mass is 10.1. The van der Waals surface area contributed by atoms with Gasteiger partial charge in [-0.2, -0.15) is 5.10 Å². The summed E-state index contributed by atoms with van der Waals surface area (Å²) in [6, 6.07) is 9.45. The van der Waals surface area contributed by atoms with E-state index in [9.17, 15) is 4.79 Å². The van der Waals surface area contributed by atoms with Gasteiger partial charge >= 0.3 is 0 Å². The molecule has 0 bridgehead atoms. The Morgan fingerprint density at radius 3 is 2.92 bits per heavy atom. The minimum atomic E-state index is -0.201. The van der Waals surface area contributed by atoms with Gasteiger partial charge in [0.2, 0.25) is 0 Å². The van der Waals surface area contributed by atoms with Crippen molar-refractivity contribution in [3.05, 3.63) is 66.6 Å². The molecule has 1 aromatic carbocycles. The summed E-state index contributed by atoms with van der Waals surface area (Å²) in [4.78, 5) is 24.9. The Hall–Kier alpha value is -3.55. The first-order valence-corrected chi connectivity index (χ1v) is 7.70. The predicted octanol–water partition coefficient (Wildman–Crippen LogP) is 1.48. The third-order valence-corrected chi connectivity index (χ3v) is 3.91. The monoisotopic (exact) mass is 333 g/mol. The molecule has 4 rings (SSSR count). The van der Waals surface area contributed by atoms with Crippen molar-refractivity contribution in [2.45, 2.75) is 6.54 Å². The van der Waals surface area contributed by atoms with Gasteiger partial charge in [0.25, 0.3) is 5.91 Å². The van der Waals surface area contributed by atoms with Crippen LogP contribution in [0.25, 0.3) is 16.9 Å². The number of carbonyl (C=O) groups excluding carboxylic acids is 1. The Labute approximate surface area is 143 Å². The van der Waals surface area contributed by atoms with E-state index < -0.39 is 0 Å². The van der Waals surface area contributed by atoms with Crippen molar-refractivity contribution in [2.24, 2.45) is 7.05 Å². The van der Waals surface area contributed by atoms with Crippen molar-refractivity contribution in [3.8, 4) is 5.69 Å². The van der Waals surface area contributed by atoms with Crippen LogP contribution in [0.1, 0.15) is 15.9 Å². The van der Waals surface area contributed by atoms with Crippen molar-refractivity contribution in [1.29, 1.82) is 0 Å². The Kier molecular flexibility index (Phi) is 3.70. The Morgan fingerprint density at radius 1 is 1.20 bits per heavy atom. The number of rotatable bonds is 4. The summed E-state index contributed by atoms with van der Waals surface area (Å²) in [5.74, 6) is -0.201. The molecular formula is C17H15N7O. The molecule has 8 nitrogen and oxygen atoms in total. The SMILES string of the molecule is Cn1cnc2cc(C(=O)NCc3ccccc3-n3cncn3)cnc21. The third kappa shape index (κ3) is 2.85. The number of aromatic nitrogens is 6. The number of hydrogen-bond donors (Lipinski definition) is 1. The average Bonchev–Trinajstić information content (AvgIpc) is 3.30. The number of amides is 1. The third-order valence-electron chi connectivity index (χ3n) is 3.91. The summed E-state index contributed by atoms with van der Waals surface area (Å²) in [5, 5.41) is 7.06. The molecule has 0 atom stereocenters. The van der Waals surface area contributed by atoms with Crippen LogP contribution in [0.4, 0.5) is 0 Å². The van der Waals surface area contributed by atoms with Crippen molar-refractivity contribution in [1.82, 2.24) is 34.6 Å². The second-order valence-corrected chi connectivity index (χ2v) is 5.57. The number of para-hydroxylation sites is 1. The largest absolute Gasteiger partial charge is 0.348 e. The lowest BCUT2D eigenvalue weighted by Crippen LogP contribution is -2.23. The van der Waals surface area contributed by atoms with E-state index in [1.165, 1.54) is 6.33 Å². The van der Waals surface area contributed by atoms with E-state index in [-0.39, 0.29) is 5.91 Å². The van der Waals surface area contributed by atoms with Gasteiger partial charge in [0.15, 0.2) is 5.65 Å². The fourth-order valence-electron chi connectivity index (χ4n) is 2.63. The zero-order valence-corrected chi connectivity index (χ0v) is 13.5. The quantitative estimate of drug-likeness (QED) is 0.611. The molecule has 1 N–H and O–H groups in total. The van der Waals surface area contributed by atoms with Crippen molar-refractivity contribution in [2.75, 3.05) is 0 Å². The average molecular weight is 333 g/mol. The molecule has 8 heteroatoms. The molecule has 0 aliphatic rings. The smallest absolute Gasteiger partial charge is 0.253 e. The molecule has 1 amide bonds. The Balaban J connectivity index is 1.54. The fraction of sp³-hybridized carbons (Fsp3) is 0.118. The molecule has 4 aromatic rings. The number of aryl methyl sites for hydroxylation is 1. The van der Waals surface area contributed by atoms with E-state index in [1.54, 1.807) is 29.6 Å². The maximum atomic E-state index is 12.4. The van der Waals surface area contributed by atoms with Crippen LogP contribution in [-0.4, -0.2) is 35.2 Å². The summed E-state index contributed by atoms with van der Waals surface area (Å²) in [5.41, 5.74) is 3.72. The fourth-order valence-corrected chi connectivity index (χ4v) is 2.63. The molecular weight excluding hydrogens is 318 g/mol. The summed E-state index contributed by atoms with van der Waals surface area (Å²) in [6.07, 6.45) is 6.33. The Bertz CT molecular complexity index is 1040. The topological polar surface area (TPSA) is 90.5 Å². The zero-order valence-electron chi connectivity index (χ0n) is 13.5. The second-order valence-electron chi connectivity index (χ2n) is 5.57. The molecule has 0 spiro atoms. The van der Waals surface area contributed by atoms with E-state index in [0.29, 0.717) is 17.6 Å². The van der Waals surface area contributed by atoms with Gasteiger partial charge in [0, 0.05) is 19.8 Å². The van der Waals surface area contributed by atoms with Gasteiger partial charge in [0.05, 0.1) is 17.6 Å². The lowest BCUT2D eigenvalue weighted by molar-refractivity contribution is 0.0950. The summed E-state index contributed by atoms with van der Waals surface area (Å²) < 4.78 is 3.48. The van der Waals surface area contributed by atoms with Crippen LogP contribution in [0.15, 0.2) is 55.5 Å². The highest BCUT2D eigenvalue weighted by Gasteiger charge is 2.11. The number of carbonyl (C=O) groups is 1. The minimum Gasteiger partial charge on any atom is -0.348 e. The van der Waals surface area contributed by atoms with Gasteiger partial charge in [-0.05, 0) is 17.7 Å². The summed E-state index contributed by atoms with van der Waals surface area (Å²) >= 11 is 0. The van der Waals surface area contributed by atoms with Crippen LogP contribution in [-0.2, 0) is 13.6 Å². The zero-order chi connectivity index (χ0) is 17.2. The number of nitrogens with zero attached hydrogens (tertiary/aromatic N) is 6. The highest BCUT2D eigenvalue weighted by molar-refractivity contribution is 5.96. The van der Waals surface area contributed by atoms with E-state index in [4.69, 9.17) is 0 Å². The first kappa shape index (κ1) is 15.0. The molecule has 0 radical (unpaired) electrons. The molecule has 3 heterocycles.